The molecule has 1 aromatic rings. The predicted molar refractivity (Wildman–Crippen MR) is 86.7 cm³/mol. The Bertz CT molecular complexity index is 637. The average molecular weight is 408 g/mol. The highest BCUT2D eigenvalue weighted by atomic mass is 79.9. The minimum absolute atomic E-state index is 0.322. The summed E-state index contributed by atoms with van der Waals surface area (Å²) < 4.78 is 37.4. The van der Waals surface area contributed by atoms with Gasteiger partial charge in [0.2, 0.25) is 5.91 Å². The summed E-state index contributed by atoms with van der Waals surface area (Å²) in [6.45, 7) is 0.741. The second-order valence-corrected chi connectivity index (χ2v) is 6.49. The molecule has 132 valence electrons. The molecule has 1 atom stereocenters. The summed E-state index contributed by atoms with van der Waals surface area (Å²) in [5.41, 5.74) is 1.42. The van der Waals surface area contributed by atoms with Crippen molar-refractivity contribution in [1.29, 1.82) is 0 Å². The minimum atomic E-state index is -4.48. The lowest BCUT2D eigenvalue weighted by Crippen LogP contribution is -2.49. The van der Waals surface area contributed by atoms with E-state index in [1.54, 1.807) is 6.07 Å². The number of hydrogen-bond donors (Lipinski definition) is 2. The number of anilines is 1. The van der Waals surface area contributed by atoms with E-state index in [0.717, 1.165) is 10.0 Å². The highest BCUT2D eigenvalue weighted by Crippen LogP contribution is 2.23. The van der Waals surface area contributed by atoms with E-state index in [2.05, 4.69) is 21.2 Å². The van der Waals surface area contributed by atoms with Gasteiger partial charge in [0.25, 0.3) is 0 Å². The van der Waals surface area contributed by atoms with Gasteiger partial charge < -0.3 is 15.5 Å². The molecule has 0 aliphatic carbocycles. The van der Waals surface area contributed by atoms with Gasteiger partial charge in [0.1, 0.15) is 12.6 Å². The summed E-state index contributed by atoms with van der Waals surface area (Å²) in [5, 5.41) is 4.55. The van der Waals surface area contributed by atoms with Crippen LogP contribution in [0.4, 0.5) is 23.7 Å². The Hall–Kier alpha value is -1.77. The fourth-order valence-corrected chi connectivity index (χ4v) is 2.86. The smallest absolute Gasteiger partial charge is 0.345 e. The molecular formula is C15H17BrF3N3O2. The first-order valence-electron chi connectivity index (χ1n) is 7.35. The molecule has 0 bridgehead atoms. The van der Waals surface area contributed by atoms with Crippen molar-refractivity contribution in [2.24, 2.45) is 0 Å². The average Bonchev–Trinajstić information content (AvgIpc) is 2.97. The lowest BCUT2D eigenvalue weighted by Gasteiger charge is -2.25. The highest BCUT2D eigenvalue weighted by Gasteiger charge is 2.36. The number of likely N-dealkylation sites (tertiary alicyclic amines) is 1. The Kier molecular flexibility index (Phi) is 5.74. The van der Waals surface area contributed by atoms with E-state index in [1.165, 1.54) is 4.90 Å². The van der Waals surface area contributed by atoms with Gasteiger partial charge in [0, 0.05) is 16.7 Å². The topological polar surface area (TPSA) is 61.4 Å². The molecule has 1 aliphatic heterocycles. The van der Waals surface area contributed by atoms with Gasteiger partial charge in [-0.05, 0) is 37.5 Å². The second-order valence-electron chi connectivity index (χ2n) is 5.57. The van der Waals surface area contributed by atoms with Crippen molar-refractivity contribution in [2.75, 3.05) is 18.4 Å². The largest absolute Gasteiger partial charge is 0.405 e. The zero-order valence-corrected chi connectivity index (χ0v) is 14.5. The van der Waals surface area contributed by atoms with E-state index in [1.807, 2.05) is 24.4 Å². The number of nitrogens with one attached hydrogen (secondary N) is 2. The van der Waals surface area contributed by atoms with Gasteiger partial charge in [0.15, 0.2) is 0 Å². The minimum Gasteiger partial charge on any atom is -0.345 e. The first-order valence-corrected chi connectivity index (χ1v) is 8.15. The van der Waals surface area contributed by atoms with Crippen molar-refractivity contribution in [2.45, 2.75) is 32.0 Å². The Labute approximate surface area is 145 Å². The van der Waals surface area contributed by atoms with Gasteiger partial charge in [-0.15, -0.1) is 0 Å². The van der Waals surface area contributed by atoms with Crippen LogP contribution >= 0.6 is 15.9 Å². The van der Waals surface area contributed by atoms with Crippen molar-refractivity contribution in [3.63, 3.8) is 0 Å². The number of carbonyl (C=O) groups excluding carboxylic acids is 2. The van der Waals surface area contributed by atoms with Crippen LogP contribution in [0.25, 0.3) is 0 Å². The summed E-state index contributed by atoms with van der Waals surface area (Å²) in [6, 6.07) is 3.98. The Morgan fingerprint density at radius 3 is 2.75 bits per heavy atom. The van der Waals surface area contributed by atoms with E-state index < -0.39 is 30.7 Å². The van der Waals surface area contributed by atoms with E-state index in [9.17, 15) is 22.8 Å². The molecule has 1 heterocycles. The van der Waals surface area contributed by atoms with Crippen molar-refractivity contribution in [3.05, 3.63) is 28.2 Å². The van der Waals surface area contributed by atoms with Crippen LogP contribution in [0.1, 0.15) is 18.4 Å². The van der Waals surface area contributed by atoms with Crippen LogP contribution in [0.15, 0.2) is 22.7 Å². The molecule has 0 saturated carbocycles. The van der Waals surface area contributed by atoms with Crippen LogP contribution in [-0.2, 0) is 4.79 Å². The maximum atomic E-state index is 12.4. The Morgan fingerprint density at radius 2 is 2.08 bits per heavy atom. The number of amides is 3. The standard InChI is InChI=1S/C15H17BrF3N3O2/c1-9-4-5-10(16)7-11(9)21-14(24)22-6-2-3-12(22)13(23)20-8-15(17,18)19/h4-5,7,12H,2-3,6,8H2,1H3,(H,20,23)(H,21,24). The summed E-state index contributed by atoms with van der Waals surface area (Å²) in [6.07, 6.45) is -3.57. The van der Waals surface area contributed by atoms with E-state index in [0.29, 0.717) is 25.1 Å². The van der Waals surface area contributed by atoms with Crippen LogP contribution in [0, 0.1) is 6.92 Å². The third kappa shape index (κ3) is 4.86. The summed E-state index contributed by atoms with van der Waals surface area (Å²) in [5.74, 6) is -0.786. The maximum Gasteiger partial charge on any atom is 0.405 e. The van der Waals surface area contributed by atoms with Crippen LogP contribution in [0.3, 0.4) is 0 Å². The molecular weight excluding hydrogens is 391 g/mol. The molecule has 1 fully saturated rings. The zero-order valence-electron chi connectivity index (χ0n) is 12.9. The molecule has 9 heteroatoms. The third-order valence-electron chi connectivity index (χ3n) is 3.72. The quantitative estimate of drug-likeness (QED) is 0.805. The van der Waals surface area contributed by atoms with E-state index in [-0.39, 0.29) is 0 Å². The molecule has 1 aromatic carbocycles. The molecule has 5 nitrogen and oxygen atoms in total. The summed E-state index contributed by atoms with van der Waals surface area (Å²) in [7, 11) is 0. The van der Waals surface area contributed by atoms with Crippen LogP contribution in [-0.4, -0.2) is 42.1 Å². The second kappa shape index (κ2) is 7.42. The Balaban J connectivity index is 2.02. The van der Waals surface area contributed by atoms with Crippen LogP contribution in [0.5, 0.6) is 0 Å². The molecule has 3 amide bonds. The number of hydrogen-bond acceptors (Lipinski definition) is 2. The van der Waals surface area contributed by atoms with Gasteiger partial charge in [0.05, 0.1) is 0 Å². The third-order valence-corrected chi connectivity index (χ3v) is 4.21. The number of alkyl halides is 3. The van der Waals surface area contributed by atoms with E-state index in [4.69, 9.17) is 0 Å². The molecule has 0 spiro atoms. The number of nitrogens with zero attached hydrogens (tertiary/aromatic N) is 1. The summed E-state index contributed by atoms with van der Waals surface area (Å²) in [4.78, 5) is 25.6. The molecule has 1 unspecified atom stereocenters. The van der Waals surface area contributed by atoms with Crippen molar-refractivity contribution in [1.82, 2.24) is 10.2 Å². The molecule has 0 aromatic heterocycles. The van der Waals surface area contributed by atoms with Gasteiger partial charge in [-0.1, -0.05) is 22.0 Å². The molecule has 2 rings (SSSR count). The monoisotopic (exact) mass is 407 g/mol. The number of rotatable bonds is 3. The van der Waals surface area contributed by atoms with Gasteiger partial charge >= 0.3 is 12.2 Å². The molecule has 1 aliphatic rings. The first-order chi connectivity index (χ1) is 11.2. The Morgan fingerprint density at radius 1 is 1.38 bits per heavy atom. The van der Waals surface area contributed by atoms with Crippen molar-refractivity contribution in [3.8, 4) is 0 Å². The van der Waals surface area contributed by atoms with Crippen molar-refractivity contribution >= 4 is 33.6 Å². The number of aryl methyl sites for hydroxylation is 1. The molecule has 1 saturated heterocycles. The van der Waals surface area contributed by atoms with Crippen LogP contribution < -0.4 is 10.6 Å². The fourth-order valence-electron chi connectivity index (χ4n) is 2.50. The number of urea groups is 1. The molecule has 2 N–H and O–H groups in total. The van der Waals surface area contributed by atoms with Crippen molar-refractivity contribution < 1.29 is 22.8 Å². The molecule has 0 radical (unpaired) electrons. The maximum absolute atomic E-state index is 12.4. The zero-order chi connectivity index (χ0) is 17.9. The number of halogens is 4. The number of carbonyl (C=O) groups is 2. The van der Waals surface area contributed by atoms with Crippen LogP contribution in [0.2, 0.25) is 0 Å². The van der Waals surface area contributed by atoms with Gasteiger partial charge in [-0.2, -0.15) is 13.2 Å². The lowest BCUT2D eigenvalue weighted by molar-refractivity contribution is -0.140. The number of benzene rings is 1. The fraction of sp³-hybridized carbons (Fsp3) is 0.467. The first kappa shape index (κ1) is 18.6. The summed E-state index contributed by atoms with van der Waals surface area (Å²) >= 11 is 3.31. The predicted octanol–water partition coefficient (Wildman–Crippen LogP) is 3.43. The van der Waals surface area contributed by atoms with Gasteiger partial charge in [-0.25, -0.2) is 4.79 Å². The highest BCUT2D eigenvalue weighted by molar-refractivity contribution is 9.10. The van der Waals surface area contributed by atoms with E-state index >= 15 is 0 Å². The van der Waals surface area contributed by atoms with Gasteiger partial charge in [-0.3, -0.25) is 4.79 Å². The SMILES string of the molecule is Cc1ccc(Br)cc1NC(=O)N1CCCC1C(=O)NCC(F)(F)F. The molecule has 24 heavy (non-hydrogen) atoms. The normalized spacial score (nSPS) is 17.7. The lowest BCUT2D eigenvalue weighted by atomic mass is 10.2.